The number of ether oxygens (including phenoxy) is 4. The van der Waals surface area contributed by atoms with Crippen LogP contribution >= 0.6 is 0 Å². The molecule has 0 saturated heterocycles. The highest BCUT2D eigenvalue weighted by molar-refractivity contribution is 6.03. The zero-order valence-electron chi connectivity index (χ0n) is 27.5. The van der Waals surface area contributed by atoms with Crippen LogP contribution in [0.2, 0.25) is 0 Å². The van der Waals surface area contributed by atoms with Gasteiger partial charge in [-0.25, -0.2) is 14.4 Å². The maximum absolute atomic E-state index is 12.5. The van der Waals surface area contributed by atoms with Gasteiger partial charge in [0, 0.05) is 0 Å². The van der Waals surface area contributed by atoms with Crippen LogP contribution in [0, 0.1) is 13.8 Å². The van der Waals surface area contributed by atoms with Gasteiger partial charge in [-0.15, -0.1) is 0 Å². The summed E-state index contributed by atoms with van der Waals surface area (Å²) in [5.74, 6) is -2.08. The standard InChI is InChI=1S/C38H40O11/c1-26-3-9-30(34(23-26)36(39)40)25-47-49-32-12-7-29(8-13-32)16-18-45-20-22-46-21-19-44-17-15-28-5-10-31(11-6-28)48-38(43)33-14-4-27(2)24-35(33)37(41)42/h3-14,23-24H,15-22,25H2,1-2H3,(H,39,40)(H,41,42). The van der Waals surface area contributed by atoms with E-state index in [4.69, 9.17) is 28.7 Å². The average molecular weight is 673 g/mol. The molecule has 49 heavy (non-hydrogen) atoms. The zero-order chi connectivity index (χ0) is 35.0. The van der Waals surface area contributed by atoms with Crippen molar-refractivity contribution < 1.29 is 53.3 Å². The van der Waals surface area contributed by atoms with E-state index < -0.39 is 17.9 Å². The summed E-state index contributed by atoms with van der Waals surface area (Å²) in [4.78, 5) is 46.0. The van der Waals surface area contributed by atoms with Gasteiger partial charge in [0.15, 0.2) is 5.75 Å². The molecule has 4 aromatic carbocycles. The van der Waals surface area contributed by atoms with E-state index in [0.717, 1.165) is 28.7 Å². The van der Waals surface area contributed by atoms with E-state index in [1.54, 1.807) is 49.4 Å². The van der Waals surface area contributed by atoms with Gasteiger partial charge in [-0.05, 0) is 85.8 Å². The molecule has 0 bridgehead atoms. The molecule has 0 fully saturated rings. The maximum atomic E-state index is 12.5. The number of rotatable bonds is 20. The summed E-state index contributed by atoms with van der Waals surface area (Å²) in [6, 6.07) is 24.1. The molecule has 0 unspecified atom stereocenters. The van der Waals surface area contributed by atoms with Crippen LogP contribution < -0.4 is 9.62 Å². The van der Waals surface area contributed by atoms with Gasteiger partial charge in [-0.1, -0.05) is 53.6 Å². The first-order valence-electron chi connectivity index (χ1n) is 15.8. The molecule has 0 radical (unpaired) electrons. The van der Waals surface area contributed by atoms with E-state index in [0.29, 0.717) is 63.1 Å². The normalized spacial score (nSPS) is 10.9. The molecule has 0 aliphatic heterocycles. The number of carboxylic acids is 2. The molecule has 0 spiro atoms. The van der Waals surface area contributed by atoms with Gasteiger partial charge in [0.25, 0.3) is 0 Å². The zero-order valence-corrected chi connectivity index (χ0v) is 27.5. The van der Waals surface area contributed by atoms with Crippen LogP contribution in [0.15, 0.2) is 84.9 Å². The van der Waals surface area contributed by atoms with Crippen molar-refractivity contribution in [2.75, 3.05) is 39.6 Å². The second kappa shape index (κ2) is 19.1. The Morgan fingerprint density at radius 1 is 0.551 bits per heavy atom. The summed E-state index contributed by atoms with van der Waals surface area (Å²) in [7, 11) is 0. The predicted molar refractivity (Wildman–Crippen MR) is 179 cm³/mol. The van der Waals surface area contributed by atoms with Gasteiger partial charge < -0.3 is 34.0 Å². The number of aromatic carboxylic acids is 2. The molecule has 0 amide bonds. The lowest BCUT2D eigenvalue weighted by atomic mass is 10.0. The minimum absolute atomic E-state index is 0.00108. The number of hydrogen-bond donors (Lipinski definition) is 2. The van der Waals surface area contributed by atoms with Crippen LogP contribution in [0.4, 0.5) is 0 Å². The van der Waals surface area contributed by atoms with Crippen molar-refractivity contribution >= 4 is 17.9 Å². The van der Waals surface area contributed by atoms with Crippen LogP contribution in [-0.4, -0.2) is 67.8 Å². The van der Waals surface area contributed by atoms with Gasteiger partial charge in [0.1, 0.15) is 12.4 Å². The Balaban J connectivity index is 1.01. The quantitative estimate of drug-likeness (QED) is 0.0360. The Morgan fingerprint density at radius 3 is 1.59 bits per heavy atom. The number of carbonyl (C=O) groups is 3. The minimum atomic E-state index is -1.18. The van der Waals surface area contributed by atoms with Gasteiger partial charge in [-0.3, -0.25) is 0 Å². The lowest BCUT2D eigenvalue weighted by molar-refractivity contribution is -0.217. The van der Waals surface area contributed by atoms with Crippen LogP contribution in [0.5, 0.6) is 11.5 Å². The molecular weight excluding hydrogens is 632 g/mol. The van der Waals surface area contributed by atoms with Crippen molar-refractivity contribution in [2.45, 2.75) is 33.3 Å². The second-order valence-corrected chi connectivity index (χ2v) is 11.2. The summed E-state index contributed by atoms with van der Waals surface area (Å²) in [6.07, 6.45) is 1.39. The molecule has 4 rings (SSSR count). The highest BCUT2D eigenvalue weighted by Gasteiger charge is 2.18. The first-order chi connectivity index (χ1) is 23.7. The fraction of sp³-hybridized carbons (Fsp3) is 0.289. The third-order valence-electron chi connectivity index (χ3n) is 7.36. The van der Waals surface area contributed by atoms with Crippen molar-refractivity contribution in [2.24, 2.45) is 0 Å². The van der Waals surface area contributed by atoms with Gasteiger partial charge in [0.2, 0.25) is 0 Å². The molecule has 258 valence electrons. The third-order valence-corrected chi connectivity index (χ3v) is 7.36. The molecule has 0 aliphatic carbocycles. The van der Waals surface area contributed by atoms with Crippen molar-refractivity contribution in [3.05, 3.63) is 129 Å². The van der Waals surface area contributed by atoms with Crippen LogP contribution in [0.25, 0.3) is 0 Å². The van der Waals surface area contributed by atoms with Crippen molar-refractivity contribution in [3.8, 4) is 11.5 Å². The SMILES string of the molecule is Cc1ccc(COOc2ccc(CCOCCOCCOCCc3ccc(OC(=O)c4ccc(C)cc4C(=O)O)cc3)cc2)c(C(=O)O)c1. The predicted octanol–water partition coefficient (Wildman–Crippen LogP) is 6.26. The molecular formula is C38H40O11. The maximum Gasteiger partial charge on any atom is 0.344 e. The molecule has 0 saturated carbocycles. The first-order valence-corrected chi connectivity index (χ1v) is 15.8. The Hall–Kier alpha value is -5.07. The molecule has 4 aromatic rings. The number of aryl methyl sites for hydroxylation is 2. The molecule has 0 atom stereocenters. The van der Waals surface area contributed by atoms with Crippen LogP contribution in [0.1, 0.15) is 58.9 Å². The van der Waals surface area contributed by atoms with Crippen molar-refractivity contribution in [1.29, 1.82) is 0 Å². The number of carbonyl (C=O) groups excluding carboxylic acids is 1. The summed E-state index contributed by atoms with van der Waals surface area (Å²) >= 11 is 0. The Kier molecular flexibility index (Phi) is 14.3. The Labute approximate surface area is 284 Å². The fourth-order valence-electron chi connectivity index (χ4n) is 4.71. The number of hydrogen-bond acceptors (Lipinski definition) is 9. The van der Waals surface area contributed by atoms with E-state index in [1.807, 2.05) is 37.3 Å². The van der Waals surface area contributed by atoms with E-state index in [-0.39, 0.29) is 23.3 Å². The molecule has 11 nitrogen and oxygen atoms in total. The van der Waals surface area contributed by atoms with Crippen molar-refractivity contribution in [3.63, 3.8) is 0 Å². The summed E-state index contributed by atoms with van der Waals surface area (Å²) in [6.45, 7) is 6.44. The monoisotopic (exact) mass is 672 g/mol. The molecule has 0 heterocycles. The van der Waals surface area contributed by atoms with Gasteiger partial charge in [0.05, 0.1) is 56.3 Å². The molecule has 0 aromatic heterocycles. The van der Waals surface area contributed by atoms with Gasteiger partial charge >= 0.3 is 17.9 Å². The number of esters is 1. The first kappa shape index (κ1) is 36.8. The Morgan fingerprint density at radius 2 is 1.04 bits per heavy atom. The number of benzene rings is 4. The smallest absolute Gasteiger partial charge is 0.344 e. The molecule has 11 heteroatoms. The third kappa shape index (κ3) is 12.2. The fourth-order valence-corrected chi connectivity index (χ4v) is 4.71. The second-order valence-electron chi connectivity index (χ2n) is 11.2. The molecule has 2 N–H and O–H groups in total. The van der Waals surface area contributed by atoms with E-state index in [1.165, 1.54) is 12.1 Å². The summed E-state index contributed by atoms with van der Waals surface area (Å²) in [5.41, 5.74) is 4.30. The van der Waals surface area contributed by atoms with Crippen LogP contribution in [0.3, 0.4) is 0 Å². The summed E-state index contributed by atoms with van der Waals surface area (Å²) in [5, 5.41) is 18.8. The van der Waals surface area contributed by atoms with Crippen LogP contribution in [-0.2, 0) is 38.5 Å². The highest BCUT2D eigenvalue weighted by Crippen LogP contribution is 2.19. The van der Waals surface area contributed by atoms with E-state index in [9.17, 15) is 24.6 Å². The largest absolute Gasteiger partial charge is 0.478 e. The summed E-state index contributed by atoms with van der Waals surface area (Å²) < 4.78 is 22.2. The lowest BCUT2D eigenvalue weighted by Crippen LogP contribution is -2.14. The topological polar surface area (TPSA) is 147 Å². The van der Waals surface area contributed by atoms with E-state index >= 15 is 0 Å². The number of carboxylic acid groups (broad SMARTS) is 2. The highest BCUT2D eigenvalue weighted by atomic mass is 17.2. The lowest BCUT2D eigenvalue weighted by Gasteiger charge is -2.09. The Bertz CT molecular complexity index is 1680. The van der Waals surface area contributed by atoms with Gasteiger partial charge in [-0.2, -0.15) is 4.89 Å². The molecule has 0 aliphatic rings. The average Bonchev–Trinajstić information content (AvgIpc) is 3.09. The van der Waals surface area contributed by atoms with Crippen molar-refractivity contribution in [1.82, 2.24) is 0 Å². The minimum Gasteiger partial charge on any atom is -0.478 e. The van der Waals surface area contributed by atoms with E-state index in [2.05, 4.69) is 0 Å².